The minimum absolute atomic E-state index is 0.000862. The van der Waals surface area contributed by atoms with Crippen LogP contribution >= 0.6 is 27.3 Å². The molecule has 6 heteroatoms. The lowest BCUT2D eigenvalue weighted by atomic mass is 10.3. The first-order valence-electron chi connectivity index (χ1n) is 5.55. The number of aliphatic hydroxyl groups excluding tert-OH is 1. The van der Waals surface area contributed by atoms with Crippen LogP contribution < -0.4 is 5.32 Å². The fourth-order valence-corrected chi connectivity index (χ4v) is 2.90. The highest BCUT2D eigenvalue weighted by atomic mass is 79.9. The summed E-state index contributed by atoms with van der Waals surface area (Å²) >= 11 is 5.08. The normalized spacial score (nSPS) is 10.3. The van der Waals surface area contributed by atoms with Crippen LogP contribution in [0.3, 0.4) is 0 Å². The molecule has 1 rings (SSSR count). The number of carbonyl (C=O) groups is 1. The van der Waals surface area contributed by atoms with Gasteiger partial charge in [0, 0.05) is 24.5 Å². The van der Waals surface area contributed by atoms with Crippen molar-refractivity contribution < 1.29 is 9.90 Å². The van der Waals surface area contributed by atoms with Crippen LogP contribution in [0.5, 0.6) is 0 Å². The summed E-state index contributed by atoms with van der Waals surface area (Å²) in [5, 5.41) is 11.6. The van der Waals surface area contributed by atoms with E-state index in [0.717, 1.165) is 10.2 Å². The molecule has 0 unspecified atom stereocenters. The number of aliphatic hydroxyl groups is 1. The van der Waals surface area contributed by atoms with Crippen molar-refractivity contribution in [2.45, 2.75) is 13.3 Å². The number of nitrogens with one attached hydrogen (secondary N) is 1. The molecule has 0 aliphatic heterocycles. The van der Waals surface area contributed by atoms with Crippen molar-refractivity contribution in [2.75, 3.05) is 26.2 Å². The first kappa shape index (κ1) is 14.5. The van der Waals surface area contributed by atoms with E-state index in [0.29, 0.717) is 19.6 Å². The summed E-state index contributed by atoms with van der Waals surface area (Å²) in [6.45, 7) is 3.50. The highest BCUT2D eigenvalue weighted by Gasteiger charge is 2.09. The van der Waals surface area contributed by atoms with Crippen LogP contribution in [-0.4, -0.2) is 42.3 Å². The summed E-state index contributed by atoms with van der Waals surface area (Å²) in [6, 6.07) is 3.94. The van der Waals surface area contributed by atoms with E-state index in [9.17, 15) is 4.79 Å². The molecule has 2 amide bonds. The monoisotopic (exact) mass is 320 g/mol. The zero-order chi connectivity index (χ0) is 12.7. The Bertz CT molecular complexity index is 357. The van der Waals surface area contributed by atoms with Gasteiger partial charge in [-0.05, 0) is 41.4 Å². The van der Waals surface area contributed by atoms with Gasteiger partial charge in [0.05, 0.1) is 10.4 Å². The molecule has 0 aliphatic rings. The lowest BCUT2D eigenvalue weighted by Crippen LogP contribution is -2.42. The lowest BCUT2D eigenvalue weighted by Gasteiger charge is -2.19. The molecule has 0 aliphatic carbocycles. The van der Waals surface area contributed by atoms with Crippen molar-refractivity contribution in [3.05, 3.63) is 20.8 Å². The van der Waals surface area contributed by atoms with Crippen molar-refractivity contribution in [1.82, 2.24) is 10.2 Å². The van der Waals surface area contributed by atoms with Gasteiger partial charge in [-0.15, -0.1) is 11.3 Å². The first-order chi connectivity index (χ1) is 8.17. The molecule has 0 saturated carbocycles. The third kappa shape index (κ3) is 5.06. The van der Waals surface area contributed by atoms with Crippen LogP contribution in [0.1, 0.15) is 11.8 Å². The predicted octanol–water partition coefficient (Wildman–Crippen LogP) is 2.08. The molecule has 0 spiro atoms. The number of nitrogens with zero attached hydrogens (tertiary/aromatic N) is 1. The maximum Gasteiger partial charge on any atom is 0.317 e. The number of amides is 2. The summed E-state index contributed by atoms with van der Waals surface area (Å²) in [5.74, 6) is 0. The van der Waals surface area contributed by atoms with Gasteiger partial charge < -0.3 is 15.3 Å². The molecule has 17 heavy (non-hydrogen) atoms. The van der Waals surface area contributed by atoms with Crippen molar-refractivity contribution in [3.8, 4) is 0 Å². The number of rotatable bonds is 6. The Balaban J connectivity index is 2.28. The molecular weight excluding hydrogens is 304 g/mol. The van der Waals surface area contributed by atoms with Crippen LogP contribution in [0.2, 0.25) is 0 Å². The van der Waals surface area contributed by atoms with E-state index in [-0.39, 0.29) is 12.6 Å². The smallest absolute Gasteiger partial charge is 0.317 e. The molecule has 0 fully saturated rings. The number of thiophene rings is 1. The van der Waals surface area contributed by atoms with Gasteiger partial charge in [-0.25, -0.2) is 4.79 Å². The minimum Gasteiger partial charge on any atom is -0.395 e. The van der Waals surface area contributed by atoms with Crippen LogP contribution in [0.4, 0.5) is 4.79 Å². The van der Waals surface area contributed by atoms with Crippen LogP contribution in [0.15, 0.2) is 15.9 Å². The third-order valence-electron chi connectivity index (χ3n) is 2.32. The van der Waals surface area contributed by atoms with Gasteiger partial charge in [0.1, 0.15) is 0 Å². The second kappa shape index (κ2) is 7.68. The van der Waals surface area contributed by atoms with Crippen molar-refractivity contribution in [3.63, 3.8) is 0 Å². The molecule has 0 atom stereocenters. The van der Waals surface area contributed by atoms with Crippen LogP contribution in [-0.2, 0) is 6.42 Å². The Morgan fingerprint density at radius 3 is 2.88 bits per heavy atom. The Morgan fingerprint density at radius 1 is 1.59 bits per heavy atom. The van der Waals surface area contributed by atoms with Crippen molar-refractivity contribution in [2.24, 2.45) is 0 Å². The largest absolute Gasteiger partial charge is 0.395 e. The first-order valence-corrected chi connectivity index (χ1v) is 7.16. The van der Waals surface area contributed by atoms with E-state index >= 15 is 0 Å². The number of halogens is 1. The molecule has 0 radical (unpaired) electrons. The Kier molecular flexibility index (Phi) is 6.54. The number of likely N-dealkylation sites (N-methyl/N-ethyl adjacent to an activating group) is 1. The summed E-state index contributed by atoms with van der Waals surface area (Å²) in [6.07, 6.45) is 0.832. The zero-order valence-electron chi connectivity index (χ0n) is 9.78. The summed E-state index contributed by atoms with van der Waals surface area (Å²) < 4.78 is 1.11. The van der Waals surface area contributed by atoms with Gasteiger partial charge in [0.25, 0.3) is 0 Å². The average Bonchev–Trinajstić information content (AvgIpc) is 2.71. The van der Waals surface area contributed by atoms with Gasteiger partial charge in [-0.1, -0.05) is 0 Å². The van der Waals surface area contributed by atoms with Gasteiger partial charge in [0.2, 0.25) is 0 Å². The van der Waals surface area contributed by atoms with Crippen molar-refractivity contribution in [1.29, 1.82) is 0 Å². The molecule has 0 bridgehead atoms. The van der Waals surface area contributed by atoms with E-state index in [1.807, 2.05) is 19.1 Å². The third-order valence-corrected chi connectivity index (χ3v) is 4.00. The molecule has 1 aromatic heterocycles. The fraction of sp³-hybridized carbons (Fsp3) is 0.545. The number of hydrogen-bond acceptors (Lipinski definition) is 3. The van der Waals surface area contributed by atoms with E-state index in [1.54, 1.807) is 16.2 Å². The highest BCUT2D eigenvalue weighted by Crippen LogP contribution is 2.21. The molecule has 0 saturated heterocycles. The number of carbonyl (C=O) groups excluding carboxylic acids is 1. The van der Waals surface area contributed by atoms with Gasteiger partial charge in [-0.3, -0.25) is 0 Å². The lowest BCUT2D eigenvalue weighted by molar-refractivity contribution is 0.180. The zero-order valence-corrected chi connectivity index (χ0v) is 12.2. The second-order valence-corrected chi connectivity index (χ2v) is 6.04. The maximum absolute atomic E-state index is 11.7. The van der Waals surface area contributed by atoms with E-state index < -0.39 is 0 Å². The van der Waals surface area contributed by atoms with Gasteiger partial charge in [-0.2, -0.15) is 0 Å². The highest BCUT2D eigenvalue weighted by molar-refractivity contribution is 9.11. The topological polar surface area (TPSA) is 52.6 Å². The predicted molar refractivity (Wildman–Crippen MR) is 73.5 cm³/mol. The molecule has 0 aromatic carbocycles. The molecule has 2 N–H and O–H groups in total. The molecular formula is C11H17BrN2O2S. The summed E-state index contributed by atoms with van der Waals surface area (Å²) in [5.41, 5.74) is 0. The molecule has 96 valence electrons. The molecule has 1 aromatic rings. The van der Waals surface area contributed by atoms with Gasteiger partial charge >= 0.3 is 6.03 Å². The van der Waals surface area contributed by atoms with E-state index in [2.05, 4.69) is 21.2 Å². The minimum atomic E-state index is -0.114. The van der Waals surface area contributed by atoms with Gasteiger partial charge in [0.15, 0.2) is 0 Å². The van der Waals surface area contributed by atoms with Crippen LogP contribution in [0, 0.1) is 0 Å². The second-order valence-electron chi connectivity index (χ2n) is 3.49. The Morgan fingerprint density at radius 2 is 2.35 bits per heavy atom. The summed E-state index contributed by atoms with van der Waals surface area (Å²) in [7, 11) is 0. The average molecular weight is 321 g/mol. The van der Waals surface area contributed by atoms with E-state index in [1.165, 1.54) is 4.88 Å². The SMILES string of the molecule is CCN(CCO)C(=O)NCCc1ccc(Br)s1. The van der Waals surface area contributed by atoms with Crippen LogP contribution in [0.25, 0.3) is 0 Å². The Labute approximate surface area is 114 Å². The number of hydrogen-bond donors (Lipinski definition) is 2. The van der Waals surface area contributed by atoms with E-state index in [4.69, 9.17) is 5.11 Å². The Hall–Kier alpha value is -0.590. The molecule has 1 heterocycles. The maximum atomic E-state index is 11.7. The standard InChI is InChI=1S/C11H17BrN2O2S/c1-2-14(7-8-15)11(16)13-6-5-9-3-4-10(12)17-9/h3-4,15H,2,5-8H2,1H3,(H,13,16). The molecule has 4 nitrogen and oxygen atoms in total. The number of urea groups is 1. The summed E-state index contributed by atoms with van der Waals surface area (Å²) in [4.78, 5) is 14.5. The van der Waals surface area contributed by atoms with Crippen molar-refractivity contribution >= 4 is 33.3 Å². The fourth-order valence-electron chi connectivity index (χ4n) is 1.41. The quantitative estimate of drug-likeness (QED) is 0.843.